The van der Waals surface area contributed by atoms with Crippen molar-refractivity contribution in [1.82, 2.24) is 15.5 Å². The average Bonchev–Trinajstić information content (AvgIpc) is 2.66. The van der Waals surface area contributed by atoms with Crippen LogP contribution in [-0.2, 0) is 20.7 Å². The number of amides is 3. The molecule has 192 valence electrons. The van der Waals surface area contributed by atoms with Crippen molar-refractivity contribution in [3.8, 4) is 0 Å². The van der Waals surface area contributed by atoms with Crippen LogP contribution in [0.15, 0.2) is 24.3 Å². The molecule has 0 aliphatic carbocycles. The van der Waals surface area contributed by atoms with Gasteiger partial charge in [-0.25, -0.2) is 4.79 Å². The number of rotatable bonds is 8. The molecule has 0 saturated carbocycles. The third-order valence-electron chi connectivity index (χ3n) is 5.21. The van der Waals surface area contributed by atoms with Crippen molar-refractivity contribution in [3.05, 3.63) is 35.4 Å². The van der Waals surface area contributed by atoms with E-state index in [2.05, 4.69) is 17.6 Å². The molecule has 0 aliphatic heterocycles. The van der Waals surface area contributed by atoms with E-state index >= 15 is 0 Å². The lowest BCUT2D eigenvalue weighted by Gasteiger charge is -2.43. The molecule has 34 heavy (non-hydrogen) atoms. The van der Waals surface area contributed by atoms with Crippen LogP contribution in [-0.4, -0.2) is 46.0 Å². The smallest absolute Gasteiger partial charge is 0.408 e. The molecular formula is C27H45N3O4. The lowest BCUT2D eigenvalue weighted by Crippen LogP contribution is -2.60. The zero-order chi connectivity index (χ0) is 26.4. The maximum absolute atomic E-state index is 14.0. The second-order valence-corrected chi connectivity index (χ2v) is 11.4. The fourth-order valence-electron chi connectivity index (χ4n) is 3.66. The Labute approximate surface area is 206 Å². The van der Waals surface area contributed by atoms with Crippen LogP contribution in [0.3, 0.4) is 0 Å². The summed E-state index contributed by atoms with van der Waals surface area (Å²) >= 11 is 0. The molecule has 0 aromatic heterocycles. The third kappa shape index (κ3) is 8.65. The molecule has 1 aromatic carbocycles. The van der Waals surface area contributed by atoms with Gasteiger partial charge in [-0.05, 0) is 78.9 Å². The monoisotopic (exact) mass is 475 g/mol. The predicted molar refractivity (Wildman–Crippen MR) is 136 cm³/mol. The lowest BCUT2D eigenvalue weighted by molar-refractivity contribution is -0.149. The summed E-state index contributed by atoms with van der Waals surface area (Å²) in [7, 11) is 0. The van der Waals surface area contributed by atoms with Crippen LogP contribution in [0.25, 0.3) is 0 Å². The van der Waals surface area contributed by atoms with E-state index in [-0.39, 0.29) is 23.8 Å². The molecule has 0 fully saturated rings. The highest BCUT2D eigenvalue weighted by molar-refractivity contribution is 5.92. The van der Waals surface area contributed by atoms with Crippen molar-refractivity contribution in [2.75, 3.05) is 0 Å². The van der Waals surface area contributed by atoms with E-state index in [0.717, 1.165) is 17.5 Å². The molecule has 7 nitrogen and oxygen atoms in total. The Bertz CT molecular complexity index is 833. The number of nitrogens with one attached hydrogen (secondary N) is 2. The largest absolute Gasteiger partial charge is 0.444 e. The second kappa shape index (κ2) is 11.7. The summed E-state index contributed by atoms with van der Waals surface area (Å²) in [6.07, 6.45) is 0.212. The molecule has 2 N–H and O–H groups in total. The highest BCUT2D eigenvalue weighted by Gasteiger charge is 2.42. The first-order chi connectivity index (χ1) is 15.5. The minimum absolute atomic E-state index is 0.0948. The van der Waals surface area contributed by atoms with Crippen molar-refractivity contribution < 1.29 is 19.1 Å². The molecule has 2 atom stereocenters. The van der Waals surface area contributed by atoms with Crippen LogP contribution in [0.2, 0.25) is 0 Å². The van der Waals surface area contributed by atoms with Crippen molar-refractivity contribution in [1.29, 1.82) is 0 Å². The standard InChI is InChI=1S/C27H45N3O4/c1-12-19-13-15-20(16-14-19)22(23(31)28-18(4)5)30(26(6,7)8)24(32)21(17(2)3)29-25(33)34-27(9,10)11/h13-18,21-22H,12H2,1-11H3,(H,28,31)(H,29,33). The number of benzene rings is 1. The molecule has 0 heterocycles. The maximum Gasteiger partial charge on any atom is 0.408 e. The highest BCUT2D eigenvalue weighted by Crippen LogP contribution is 2.31. The molecule has 2 unspecified atom stereocenters. The highest BCUT2D eigenvalue weighted by atomic mass is 16.6. The Morgan fingerprint density at radius 3 is 1.82 bits per heavy atom. The molecular weight excluding hydrogens is 430 g/mol. The molecule has 1 aromatic rings. The van der Waals surface area contributed by atoms with Gasteiger partial charge in [0.2, 0.25) is 11.8 Å². The van der Waals surface area contributed by atoms with Crippen LogP contribution < -0.4 is 10.6 Å². The fourth-order valence-corrected chi connectivity index (χ4v) is 3.66. The molecule has 0 bridgehead atoms. The number of hydrogen-bond acceptors (Lipinski definition) is 4. The van der Waals surface area contributed by atoms with E-state index in [1.54, 1.807) is 25.7 Å². The normalized spacial score (nSPS) is 13.9. The third-order valence-corrected chi connectivity index (χ3v) is 5.21. The molecule has 0 saturated heterocycles. The first-order valence-electron chi connectivity index (χ1n) is 12.2. The molecule has 0 radical (unpaired) electrons. The number of ether oxygens (including phenoxy) is 1. The van der Waals surface area contributed by atoms with Crippen LogP contribution >= 0.6 is 0 Å². The minimum Gasteiger partial charge on any atom is -0.444 e. The van der Waals surface area contributed by atoms with Crippen LogP contribution in [0.5, 0.6) is 0 Å². The minimum atomic E-state index is -0.863. The zero-order valence-corrected chi connectivity index (χ0v) is 22.9. The number of nitrogens with zero attached hydrogens (tertiary/aromatic N) is 1. The molecule has 0 spiro atoms. The van der Waals surface area contributed by atoms with Crippen LogP contribution in [0, 0.1) is 5.92 Å². The maximum atomic E-state index is 14.0. The van der Waals surface area contributed by atoms with Gasteiger partial charge in [0.05, 0.1) is 0 Å². The fraction of sp³-hybridized carbons (Fsp3) is 0.667. The predicted octanol–water partition coefficient (Wildman–Crippen LogP) is 4.99. The molecule has 0 aliphatic rings. The average molecular weight is 476 g/mol. The summed E-state index contributed by atoms with van der Waals surface area (Å²) in [6, 6.07) is 5.95. The van der Waals surface area contributed by atoms with Gasteiger partial charge in [-0.2, -0.15) is 0 Å². The Hall–Kier alpha value is -2.57. The van der Waals surface area contributed by atoms with Crippen molar-refractivity contribution >= 4 is 17.9 Å². The van der Waals surface area contributed by atoms with Crippen molar-refractivity contribution in [2.24, 2.45) is 5.92 Å². The molecule has 7 heteroatoms. The van der Waals surface area contributed by atoms with Gasteiger partial charge in [-0.1, -0.05) is 45.0 Å². The summed E-state index contributed by atoms with van der Waals surface area (Å²) in [6.45, 7) is 20.6. The number of aryl methyl sites for hydroxylation is 1. The van der Waals surface area contributed by atoms with Gasteiger partial charge in [-0.15, -0.1) is 0 Å². The van der Waals surface area contributed by atoms with Crippen molar-refractivity contribution in [3.63, 3.8) is 0 Å². The van der Waals surface area contributed by atoms with E-state index in [1.807, 2.05) is 72.7 Å². The number of carbonyl (C=O) groups excluding carboxylic acids is 3. The Morgan fingerprint density at radius 2 is 1.44 bits per heavy atom. The van der Waals surface area contributed by atoms with Gasteiger partial charge in [0.1, 0.15) is 17.7 Å². The van der Waals surface area contributed by atoms with E-state index in [0.29, 0.717) is 0 Å². The quantitative estimate of drug-likeness (QED) is 0.554. The van der Waals surface area contributed by atoms with Gasteiger partial charge in [-0.3, -0.25) is 9.59 Å². The summed E-state index contributed by atoms with van der Waals surface area (Å²) < 4.78 is 5.40. The Balaban J connectivity index is 3.53. The van der Waals surface area contributed by atoms with E-state index in [4.69, 9.17) is 4.74 Å². The van der Waals surface area contributed by atoms with Crippen molar-refractivity contribution in [2.45, 2.75) is 112 Å². The number of carbonyl (C=O) groups is 3. The van der Waals surface area contributed by atoms with Gasteiger partial charge in [0.25, 0.3) is 0 Å². The second-order valence-electron chi connectivity index (χ2n) is 11.4. The zero-order valence-electron chi connectivity index (χ0n) is 22.9. The SMILES string of the molecule is CCc1ccc(C(C(=O)NC(C)C)N(C(=O)C(NC(=O)OC(C)(C)C)C(C)C)C(C)(C)C)cc1. The Kier molecular flexibility index (Phi) is 10.2. The summed E-state index contributed by atoms with van der Waals surface area (Å²) in [5.41, 5.74) is 0.465. The topological polar surface area (TPSA) is 87.7 Å². The molecule has 3 amide bonds. The van der Waals surface area contributed by atoms with Gasteiger partial charge < -0.3 is 20.3 Å². The summed E-state index contributed by atoms with van der Waals surface area (Å²) in [4.78, 5) is 41.7. The molecule has 1 rings (SSSR count). The van der Waals surface area contributed by atoms with E-state index < -0.39 is 29.3 Å². The lowest BCUT2D eigenvalue weighted by atomic mass is 9.92. The first-order valence-corrected chi connectivity index (χ1v) is 12.2. The van der Waals surface area contributed by atoms with Crippen LogP contribution in [0.4, 0.5) is 4.79 Å². The number of alkyl carbamates (subject to hydrolysis) is 1. The van der Waals surface area contributed by atoms with E-state index in [9.17, 15) is 14.4 Å². The summed E-state index contributed by atoms with van der Waals surface area (Å²) in [5, 5.41) is 5.72. The Morgan fingerprint density at radius 1 is 0.912 bits per heavy atom. The van der Waals surface area contributed by atoms with Crippen LogP contribution in [0.1, 0.15) is 93.3 Å². The summed E-state index contributed by atoms with van der Waals surface area (Å²) in [5.74, 6) is -0.819. The van der Waals surface area contributed by atoms with Gasteiger partial charge in [0, 0.05) is 11.6 Å². The van der Waals surface area contributed by atoms with Gasteiger partial charge in [0.15, 0.2) is 0 Å². The first kappa shape index (κ1) is 29.5. The van der Waals surface area contributed by atoms with Gasteiger partial charge >= 0.3 is 6.09 Å². The number of hydrogen-bond donors (Lipinski definition) is 2. The van der Waals surface area contributed by atoms with E-state index in [1.165, 1.54) is 0 Å².